The zero-order valence-electron chi connectivity index (χ0n) is 11.4. The van der Waals surface area contributed by atoms with E-state index in [4.69, 9.17) is 16.3 Å². The van der Waals surface area contributed by atoms with Crippen molar-refractivity contribution in [1.29, 1.82) is 0 Å². The van der Waals surface area contributed by atoms with Gasteiger partial charge < -0.3 is 10.1 Å². The molecule has 20 heavy (non-hydrogen) atoms. The molecule has 0 aromatic carbocycles. The first-order chi connectivity index (χ1) is 9.29. The Balaban J connectivity index is 2.42. The fraction of sp³-hybridized carbons (Fsp3) is 0.615. The van der Waals surface area contributed by atoms with Gasteiger partial charge >= 0.3 is 6.18 Å². The predicted octanol–water partition coefficient (Wildman–Crippen LogP) is 4.37. The molecule has 0 saturated heterocycles. The molecule has 0 spiro atoms. The third kappa shape index (κ3) is 6.43. The minimum absolute atomic E-state index is 0.134. The summed E-state index contributed by atoms with van der Waals surface area (Å²) in [7, 11) is 0. The second-order valence-corrected chi connectivity index (χ2v) is 5.00. The van der Waals surface area contributed by atoms with E-state index in [1.54, 1.807) is 0 Å². The van der Waals surface area contributed by atoms with Gasteiger partial charge in [0.05, 0.1) is 11.7 Å². The fourth-order valence-electron chi connectivity index (χ4n) is 1.51. The molecule has 1 aromatic heterocycles. The number of alkyl halides is 3. The van der Waals surface area contributed by atoms with Crippen LogP contribution in [0.1, 0.15) is 32.3 Å². The average molecular weight is 311 g/mol. The molecule has 0 aliphatic rings. The first kappa shape index (κ1) is 17.0. The zero-order valence-corrected chi connectivity index (χ0v) is 12.2. The number of hydrogen-bond acceptors (Lipinski definition) is 3. The van der Waals surface area contributed by atoms with Crippen molar-refractivity contribution in [3.05, 3.63) is 22.8 Å². The third-order valence-electron chi connectivity index (χ3n) is 2.45. The van der Waals surface area contributed by atoms with Crippen LogP contribution in [0.15, 0.2) is 12.1 Å². The van der Waals surface area contributed by atoms with E-state index in [0.717, 1.165) is 25.0 Å². The lowest BCUT2D eigenvalue weighted by atomic mass is 10.2. The molecule has 0 fully saturated rings. The van der Waals surface area contributed by atoms with Crippen molar-refractivity contribution in [2.45, 2.75) is 39.0 Å². The zero-order chi connectivity index (χ0) is 15.2. The van der Waals surface area contributed by atoms with E-state index in [2.05, 4.69) is 10.3 Å². The number of hydrogen-bond donors (Lipinski definition) is 1. The van der Waals surface area contributed by atoms with Crippen LogP contribution in [0.3, 0.4) is 0 Å². The highest BCUT2D eigenvalue weighted by Crippen LogP contribution is 2.31. The maximum atomic E-state index is 12.6. The lowest BCUT2D eigenvalue weighted by Gasteiger charge is -2.11. The number of unbranched alkanes of at least 4 members (excludes halogenated alkanes) is 1. The van der Waals surface area contributed by atoms with Gasteiger partial charge in [-0.25, -0.2) is 4.98 Å². The van der Waals surface area contributed by atoms with Gasteiger partial charge in [-0.3, -0.25) is 0 Å². The van der Waals surface area contributed by atoms with Crippen LogP contribution in [0, 0.1) is 0 Å². The largest absolute Gasteiger partial charge is 0.416 e. The minimum Gasteiger partial charge on any atom is -0.379 e. The molecule has 1 heterocycles. The van der Waals surface area contributed by atoms with Gasteiger partial charge in [-0.2, -0.15) is 13.2 Å². The van der Waals surface area contributed by atoms with Gasteiger partial charge in [-0.05, 0) is 38.8 Å². The van der Waals surface area contributed by atoms with Crippen molar-refractivity contribution in [3.8, 4) is 0 Å². The monoisotopic (exact) mass is 310 g/mol. The number of nitrogens with zero attached hydrogens (tertiary/aromatic N) is 1. The number of ether oxygens (including phenoxy) is 1. The summed E-state index contributed by atoms with van der Waals surface area (Å²) in [4.78, 5) is 3.82. The molecule has 0 saturated carbocycles. The molecule has 1 aromatic rings. The minimum atomic E-state index is -4.42. The number of pyridine rings is 1. The Hall–Kier alpha value is -1.01. The highest BCUT2D eigenvalue weighted by Gasteiger charge is 2.31. The Morgan fingerprint density at radius 2 is 2.00 bits per heavy atom. The summed E-state index contributed by atoms with van der Waals surface area (Å²) in [5.41, 5.74) is -0.803. The molecular weight excluding hydrogens is 293 g/mol. The van der Waals surface area contributed by atoms with Crippen LogP contribution in [0.2, 0.25) is 5.15 Å². The van der Waals surface area contributed by atoms with Crippen LogP contribution >= 0.6 is 11.6 Å². The SMILES string of the molecule is CC(C)OCCCCNc1cc(C(F)(F)F)cc(Cl)n1. The summed E-state index contributed by atoms with van der Waals surface area (Å²) in [6.07, 6.45) is -2.62. The molecule has 0 bridgehead atoms. The molecule has 0 aliphatic carbocycles. The van der Waals surface area contributed by atoms with Crippen LogP contribution in [0.25, 0.3) is 0 Å². The van der Waals surface area contributed by atoms with E-state index in [0.29, 0.717) is 13.2 Å². The van der Waals surface area contributed by atoms with Crippen molar-refractivity contribution in [2.75, 3.05) is 18.5 Å². The number of nitrogens with one attached hydrogen (secondary N) is 1. The Bertz CT molecular complexity index is 425. The molecule has 0 amide bonds. The van der Waals surface area contributed by atoms with Crippen molar-refractivity contribution in [2.24, 2.45) is 0 Å². The van der Waals surface area contributed by atoms with Crippen molar-refractivity contribution >= 4 is 17.4 Å². The highest BCUT2D eigenvalue weighted by molar-refractivity contribution is 6.29. The first-order valence-electron chi connectivity index (χ1n) is 6.39. The van der Waals surface area contributed by atoms with Crippen LogP contribution in [0.5, 0.6) is 0 Å². The van der Waals surface area contributed by atoms with Crippen molar-refractivity contribution < 1.29 is 17.9 Å². The van der Waals surface area contributed by atoms with Gasteiger partial charge in [0.25, 0.3) is 0 Å². The van der Waals surface area contributed by atoms with Crippen LogP contribution in [-0.4, -0.2) is 24.2 Å². The number of aromatic nitrogens is 1. The molecule has 0 atom stereocenters. The first-order valence-corrected chi connectivity index (χ1v) is 6.77. The predicted molar refractivity (Wildman–Crippen MR) is 73.1 cm³/mol. The van der Waals surface area contributed by atoms with E-state index in [-0.39, 0.29) is 17.1 Å². The lowest BCUT2D eigenvalue weighted by Crippen LogP contribution is -2.10. The van der Waals surface area contributed by atoms with Crippen molar-refractivity contribution in [3.63, 3.8) is 0 Å². The molecule has 7 heteroatoms. The molecule has 0 radical (unpaired) electrons. The Labute approximate surface area is 121 Å². The van der Waals surface area contributed by atoms with E-state index in [1.165, 1.54) is 0 Å². The third-order valence-corrected chi connectivity index (χ3v) is 2.64. The average Bonchev–Trinajstić information content (AvgIpc) is 2.31. The standard InChI is InChI=1S/C13H18ClF3N2O/c1-9(2)20-6-4-3-5-18-12-8-10(13(15,16)17)7-11(14)19-12/h7-9H,3-6H2,1-2H3,(H,18,19). The Morgan fingerprint density at radius 1 is 1.30 bits per heavy atom. The normalized spacial score (nSPS) is 11.9. The van der Waals surface area contributed by atoms with Gasteiger partial charge in [0.2, 0.25) is 0 Å². The van der Waals surface area contributed by atoms with E-state index in [9.17, 15) is 13.2 Å². The number of anilines is 1. The van der Waals surface area contributed by atoms with Crippen molar-refractivity contribution in [1.82, 2.24) is 4.98 Å². The molecule has 1 rings (SSSR count). The summed E-state index contributed by atoms with van der Waals surface area (Å²) in [5, 5.41) is 2.66. The smallest absolute Gasteiger partial charge is 0.379 e. The summed E-state index contributed by atoms with van der Waals surface area (Å²) < 4.78 is 43.1. The summed E-state index contributed by atoms with van der Waals surface area (Å²) >= 11 is 5.58. The highest BCUT2D eigenvalue weighted by atomic mass is 35.5. The van der Waals surface area contributed by atoms with Gasteiger partial charge in [-0.1, -0.05) is 11.6 Å². The topological polar surface area (TPSA) is 34.1 Å². The number of halogens is 4. The van der Waals surface area contributed by atoms with Gasteiger partial charge in [0.1, 0.15) is 11.0 Å². The van der Waals surface area contributed by atoms with Gasteiger partial charge in [0, 0.05) is 13.2 Å². The Morgan fingerprint density at radius 3 is 2.60 bits per heavy atom. The van der Waals surface area contributed by atoms with Crippen LogP contribution < -0.4 is 5.32 Å². The van der Waals surface area contributed by atoms with Crippen LogP contribution in [0.4, 0.5) is 19.0 Å². The maximum Gasteiger partial charge on any atom is 0.416 e. The quantitative estimate of drug-likeness (QED) is 0.600. The van der Waals surface area contributed by atoms with Gasteiger partial charge in [-0.15, -0.1) is 0 Å². The Kier molecular flexibility index (Phi) is 6.55. The van der Waals surface area contributed by atoms with E-state index >= 15 is 0 Å². The van der Waals surface area contributed by atoms with E-state index in [1.807, 2.05) is 13.8 Å². The molecule has 1 N–H and O–H groups in total. The van der Waals surface area contributed by atoms with E-state index < -0.39 is 11.7 Å². The molecule has 114 valence electrons. The lowest BCUT2D eigenvalue weighted by molar-refractivity contribution is -0.137. The maximum absolute atomic E-state index is 12.6. The summed E-state index contributed by atoms with van der Waals surface area (Å²) in [5.74, 6) is 0.134. The second kappa shape index (κ2) is 7.69. The molecule has 3 nitrogen and oxygen atoms in total. The number of rotatable bonds is 7. The summed E-state index contributed by atoms with van der Waals surface area (Å²) in [6, 6.07) is 1.76. The summed E-state index contributed by atoms with van der Waals surface area (Å²) in [6.45, 7) is 5.06. The second-order valence-electron chi connectivity index (χ2n) is 4.61. The molecule has 0 aliphatic heterocycles. The fourth-order valence-corrected chi connectivity index (χ4v) is 1.72. The van der Waals surface area contributed by atoms with Gasteiger partial charge in [0.15, 0.2) is 0 Å². The molecular formula is C13H18ClF3N2O. The molecule has 0 unspecified atom stereocenters. The van der Waals surface area contributed by atoms with Crippen LogP contribution in [-0.2, 0) is 10.9 Å².